The third-order valence-corrected chi connectivity index (χ3v) is 3.44. The van der Waals surface area contributed by atoms with Gasteiger partial charge in [-0.15, -0.1) is 10.2 Å². The highest BCUT2D eigenvalue weighted by Crippen LogP contribution is 2.26. The van der Waals surface area contributed by atoms with Gasteiger partial charge in [-0.05, 0) is 23.8 Å². The van der Waals surface area contributed by atoms with E-state index in [4.69, 9.17) is 13.9 Å². The van der Waals surface area contributed by atoms with E-state index in [0.717, 1.165) is 24.8 Å². The van der Waals surface area contributed by atoms with Gasteiger partial charge in [-0.2, -0.15) is 5.21 Å². The molecule has 2 heterocycles. The Labute approximate surface area is 137 Å². The SMILES string of the molecule is CCCCOCCOc1cccc2cc(-c3nn[nH]n3)c(=O)oc12. The molecule has 2 aromatic heterocycles. The number of nitrogens with one attached hydrogen (secondary N) is 1. The van der Waals surface area contributed by atoms with E-state index in [0.29, 0.717) is 24.5 Å². The van der Waals surface area contributed by atoms with E-state index in [2.05, 4.69) is 27.5 Å². The first-order valence-corrected chi connectivity index (χ1v) is 7.81. The first-order chi connectivity index (χ1) is 11.8. The lowest BCUT2D eigenvalue weighted by Crippen LogP contribution is -2.09. The molecular weight excluding hydrogens is 312 g/mol. The largest absolute Gasteiger partial charge is 0.487 e. The molecule has 0 bridgehead atoms. The van der Waals surface area contributed by atoms with Crippen molar-refractivity contribution in [2.75, 3.05) is 19.8 Å². The van der Waals surface area contributed by atoms with Crippen molar-refractivity contribution in [3.05, 3.63) is 34.7 Å². The molecule has 0 spiro atoms. The molecule has 3 aromatic rings. The second kappa shape index (κ2) is 7.69. The van der Waals surface area contributed by atoms with Crippen LogP contribution in [0.15, 0.2) is 33.5 Å². The van der Waals surface area contributed by atoms with Crippen LogP contribution in [0.5, 0.6) is 5.75 Å². The summed E-state index contributed by atoms with van der Waals surface area (Å²) in [7, 11) is 0. The van der Waals surface area contributed by atoms with Crippen molar-refractivity contribution in [1.29, 1.82) is 0 Å². The lowest BCUT2D eigenvalue weighted by molar-refractivity contribution is 0.0982. The molecule has 0 fully saturated rings. The molecule has 8 heteroatoms. The molecule has 0 saturated carbocycles. The van der Waals surface area contributed by atoms with Gasteiger partial charge in [0.25, 0.3) is 0 Å². The zero-order valence-corrected chi connectivity index (χ0v) is 13.3. The molecule has 3 rings (SSSR count). The Hall–Kier alpha value is -2.74. The fourth-order valence-electron chi connectivity index (χ4n) is 2.22. The number of ether oxygens (including phenoxy) is 2. The van der Waals surface area contributed by atoms with Gasteiger partial charge in [0.1, 0.15) is 12.2 Å². The lowest BCUT2D eigenvalue weighted by Gasteiger charge is -2.09. The summed E-state index contributed by atoms with van der Waals surface area (Å²) >= 11 is 0. The Morgan fingerprint density at radius 3 is 2.96 bits per heavy atom. The maximum absolute atomic E-state index is 12.2. The molecule has 0 aliphatic rings. The Balaban J connectivity index is 1.78. The molecule has 0 saturated heterocycles. The molecule has 1 N–H and O–H groups in total. The topological polar surface area (TPSA) is 103 Å². The number of hydrogen-bond acceptors (Lipinski definition) is 7. The van der Waals surface area contributed by atoms with Crippen LogP contribution in [0.4, 0.5) is 0 Å². The van der Waals surface area contributed by atoms with Crippen molar-refractivity contribution in [2.45, 2.75) is 19.8 Å². The third kappa shape index (κ3) is 3.60. The number of benzene rings is 1. The second-order valence-electron chi connectivity index (χ2n) is 5.17. The summed E-state index contributed by atoms with van der Waals surface area (Å²) in [6.45, 7) is 3.71. The number of unbranched alkanes of at least 4 members (excludes halogenated alkanes) is 1. The number of aromatic amines is 1. The van der Waals surface area contributed by atoms with Crippen molar-refractivity contribution in [3.8, 4) is 17.1 Å². The fraction of sp³-hybridized carbons (Fsp3) is 0.375. The predicted octanol–water partition coefficient (Wildman–Crippen LogP) is 2.17. The number of fused-ring (bicyclic) bond motifs is 1. The van der Waals surface area contributed by atoms with Crippen LogP contribution in [-0.4, -0.2) is 40.4 Å². The molecule has 0 aliphatic carbocycles. The number of para-hydroxylation sites is 1. The van der Waals surface area contributed by atoms with Crippen molar-refractivity contribution < 1.29 is 13.9 Å². The standard InChI is InChI=1S/C16H18N4O4/c1-2-3-7-22-8-9-23-13-6-4-5-11-10-12(15-17-19-20-18-15)16(21)24-14(11)13/h4-6,10H,2-3,7-9H2,1H3,(H,17,18,19,20). The van der Waals surface area contributed by atoms with E-state index in [-0.39, 0.29) is 11.4 Å². The quantitative estimate of drug-likeness (QED) is 0.498. The fourth-order valence-corrected chi connectivity index (χ4v) is 2.22. The average Bonchev–Trinajstić information content (AvgIpc) is 3.12. The van der Waals surface area contributed by atoms with Gasteiger partial charge in [0.05, 0.1) is 6.61 Å². The number of tetrazole rings is 1. The first kappa shape index (κ1) is 16.1. The molecule has 24 heavy (non-hydrogen) atoms. The monoisotopic (exact) mass is 330 g/mol. The maximum atomic E-state index is 12.2. The van der Waals surface area contributed by atoms with Crippen LogP contribution in [0.2, 0.25) is 0 Å². The van der Waals surface area contributed by atoms with Gasteiger partial charge in [0.15, 0.2) is 11.3 Å². The van der Waals surface area contributed by atoms with Crippen molar-refractivity contribution in [3.63, 3.8) is 0 Å². The normalized spacial score (nSPS) is 11.0. The van der Waals surface area contributed by atoms with E-state index < -0.39 is 5.63 Å². The minimum Gasteiger partial charge on any atom is -0.487 e. The highest BCUT2D eigenvalue weighted by molar-refractivity contribution is 5.85. The van der Waals surface area contributed by atoms with E-state index in [1.54, 1.807) is 12.1 Å². The van der Waals surface area contributed by atoms with Crippen LogP contribution in [0, 0.1) is 0 Å². The molecule has 0 radical (unpaired) electrons. The Morgan fingerprint density at radius 1 is 1.25 bits per heavy atom. The van der Waals surface area contributed by atoms with Gasteiger partial charge in [-0.3, -0.25) is 0 Å². The summed E-state index contributed by atoms with van der Waals surface area (Å²) in [6.07, 6.45) is 2.13. The Morgan fingerprint density at radius 2 is 2.17 bits per heavy atom. The molecule has 1 aromatic carbocycles. The number of H-pyrrole nitrogens is 1. The summed E-state index contributed by atoms with van der Waals surface area (Å²) in [6, 6.07) is 7.07. The van der Waals surface area contributed by atoms with Gasteiger partial charge < -0.3 is 13.9 Å². The van der Waals surface area contributed by atoms with Crippen LogP contribution >= 0.6 is 0 Å². The van der Waals surface area contributed by atoms with E-state index >= 15 is 0 Å². The highest BCUT2D eigenvalue weighted by atomic mass is 16.5. The molecule has 126 valence electrons. The molecular formula is C16H18N4O4. The van der Waals surface area contributed by atoms with Gasteiger partial charge in [-0.1, -0.05) is 25.5 Å². The summed E-state index contributed by atoms with van der Waals surface area (Å²) < 4.78 is 16.5. The lowest BCUT2D eigenvalue weighted by atomic mass is 10.1. The number of aromatic nitrogens is 4. The number of nitrogens with zero attached hydrogens (tertiary/aromatic N) is 3. The zero-order chi connectivity index (χ0) is 16.8. The van der Waals surface area contributed by atoms with Crippen LogP contribution in [0.25, 0.3) is 22.4 Å². The second-order valence-corrected chi connectivity index (χ2v) is 5.17. The van der Waals surface area contributed by atoms with E-state index in [1.807, 2.05) is 12.1 Å². The number of hydrogen-bond donors (Lipinski definition) is 1. The van der Waals surface area contributed by atoms with Crippen molar-refractivity contribution in [2.24, 2.45) is 0 Å². The molecule has 0 amide bonds. The smallest absolute Gasteiger partial charge is 0.347 e. The van der Waals surface area contributed by atoms with Gasteiger partial charge in [0, 0.05) is 12.0 Å². The molecule has 0 aliphatic heterocycles. The summed E-state index contributed by atoms with van der Waals surface area (Å²) in [5, 5.41) is 14.1. The van der Waals surface area contributed by atoms with Crippen molar-refractivity contribution >= 4 is 11.0 Å². The first-order valence-electron chi connectivity index (χ1n) is 7.81. The van der Waals surface area contributed by atoms with Gasteiger partial charge >= 0.3 is 5.63 Å². The minimum atomic E-state index is -0.542. The molecule has 0 atom stereocenters. The van der Waals surface area contributed by atoms with Gasteiger partial charge in [0.2, 0.25) is 5.82 Å². The van der Waals surface area contributed by atoms with Crippen LogP contribution < -0.4 is 10.4 Å². The minimum absolute atomic E-state index is 0.196. The highest BCUT2D eigenvalue weighted by Gasteiger charge is 2.14. The molecule has 8 nitrogen and oxygen atoms in total. The Kier molecular flexibility index (Phi) is 5.17. The Bertz CT molecular complexity index is 845. The van der Waals surface area contributed by atoms with E-state index in [1.165, 1.54) is 0 Å². The average molecular weight is 330 g/mol. The summed E-state index contributed by atoms with van der Waals surface area (Å²) in [5.41, 5.74) is 0.0961. The van der Waals surface area contributed by atoms with Crippen molar-refractivity contribution in [1.82, 2.24) is 20.6 Å². The van der Waals surface area contributed by atoms with Gasteiger partial charge in [-0.25, -0.2) is 4.79 Å². The van der Waals surface area contributed by atoms with Crippen LogP contribution in [0.1, 0.15) is 19.8 Å². The molecule has 0 unspecified atom stereocenters. The predicted molar refractivity (Wildman–Crippen MR) is 86.9 cm³/mol. The van der Waals surface area contributed by atoms with Crippen LogP contribution in [-0.2, 0) is 4.74 Å². The van der Waals surface area contributed by atoms with E-state index in [9.17, 15) is 4.79 Å². The maximum Gasteiger partial charge on any atom is 0.347 e. The van der Waals surface area contributed by atoms with Crippen LogP contribution in [0.3, 0.4) is 0 Å². The zero-order valence-electron chi connectivity index (χ0n) is 13.3. The third-order valence-electron chi connectivity index (χ3n) is 3.44. The summed E-state index contributed by atoms with van der Waals surface area (Å²) in [4.78, 5) is 12.2. The number of rotatable bonds is 8. The summed E-state index contributed by atoms with van der Waals surface area (Å²) in [5.74, 6) is 0.699.